The molecule has 0 aliphatic heterocycles. The topological polar surface area (TPSA) is 76.7 Å². The Hall–Kier alpha value is -1.89. The normalized spacial score (nSPS) is 12.2. The number of hydrogen-bond donors (Lipinski definition) is 3. The minimum Gasteiger partial charge on any atom is -0.497 e. The van der Waals surface area contributed by atoms with Crippen LogP contribution in [-0.2, 0) is 16.1 Å². The summed E-state index contributed by atoms with van der Waals surface area (Å²) in [4.78, 5) is 23.8. The van der Waals surface area contributed by atoms with Gasteiger partial charge in [-0.3, -0.25) is 4.79 Å². The van der Waals surface area contributed by atoms with Crippen molar-refractivity contribution in [1.29, 1.82) is 0 Å². The Labute approximate surface area is 142 Å². The van der Waals surface area contributed by atoms with E-state index >= 15 is 0 Å². The summed E-state index contributed by atoms with van der Waals surface area (Å²) in [6.07, 6.45) is -0.642. The molecule has 0 aromatic heterocycles. The number of nitrogens with one attached hydrogen (secondary N) is 2. The van der Waals surface area contributed by atoms with E-state index in [1.807, 2.05) is 24.3 Å². The first kappa shape index (κ1) is 19.2. The van der Waals surface area contributed by atoms with Crippen LogP contribution in [0.3, 0.4) is 0 Å². The van der Waals surface area contributed by atoms with Crippen LogP contribution in [0.15, 0.2) is 24.3 Å². The molecule has 1 rings (SSSR count). The maximum absolute atomic E-state index is 12.1. The highest BCUT2D eigenvalue weighted by atomic mass is 32.1. The van der Waals surface area contributed by atoms with Gasteiger partial charge < -0.3 is 20.1 Å². The summed E-state index contributed by atoms with van der Waals surface area (Å²) in [5.74, 6) is 0.606. The van der Waals surface area contributed by atoms with Crippen molar-refractivity contribution in [3.63, 3.8) is 0 Å². The second-order valence-electron chi connectivity index (χ2n) is 5.95. The third kappa shape index (κ3) is 7.27. The van der Waals surface area contributed by atoms with Crippen LogP contribution >= 0.6 is 12.6 Å². The molecule has 1 atom stereocenters. The van der Waals surface area contributed by atoms with E-state index in [0.29, 0.717) is 6.54 Å². The van der Waals surface area contributed by atoms with Gasteiger partial charge in [-0.1, -0.05) is 12.1 Å². The van der Waals surface area contributed by atoms with Crippen LogP contribution in [0, 0.1) is 0 Å². The van der Waals surface area contributed by atoms with Crippen molar-refractivity contribution in [3.05, 3.63) is 29.8 Å². The highest BCUT2D eigenvalue weighted by Gasteiger charge is 2.23. The fraction of sp³-hybridized carbons (Fsp3) is 0.500. The average Bonchev–Trinajstić information content (AvgIpc) is 2.49. The zero-order chi connectivity index (χ0) is 17.5. The van der Waals surface area contributed by atoms with Gasteiger partial charge in [0.2, 0.25) is 5.91 Å². The lowest BCUT2D eigenvalue weighted by Gasteiger charge is -2.22. The Morgan fingerprint density at radius 1 is 1.22 bits per heavy atom. The molecule has 0 saturated carbocycles. The number of rotatable bonds is 6. The van der Waals surface area contributed by atoms with Crippen LogP contribution in [0.4, 0.5) is 4.79 Å². The van der Waals surface area contributed by atoms with E-state index < -0.39 is 17.7 Å². The van der Waals surface area contributed by atoms with Gasteiger partial charge in [-0.05, 0) is 38.5 Å². The number of thiol groups is 1. The summed E-state index contributed by atoms with van der Waals surface area (Å²) in [6, 6.07) is 6.59. The molecule has 0 fully saturated rings. The standard InChI is InChI=1S/C16H24N2O4S/c1-16(2,3)22-15(20)18-13(10-23)14(19)17-9-11-5-7-12(21-4)8-6-11/h5-8,13,23H,9-10H2,1-4H3,(H,17,19)(H,18,20). The predicted octanol–water partition coefficient (Wildman–Crippen LogP) is 2.13. The Bertz CT molecular complexity index is 526. The second-order valence-corrected chi connectivity index (χ2v) is 6.31. The largest absolute Gasteiger partial charge is 0.497 e. The molecule has 1 aromatic rings. The van der Waals surface area contributed by atoms with Gasteiger partial charge in [-0.2, -0.15) is 12.6 Å². The number of hydrogen-bond acceptors (Lipinski definition) is 5. The maximum Gasteiger partial charge on any atom is 0.408 e. The zero-order valence-electron chi connectivity index (χ0n) is 13.9. The third-order valence-electron chi connectivity index (χ3n) is 2.82. The quantitative estimate of drug-likeness (QED) is 0.694. The van der Waals surface area contributed by atoms with Crippen LogP contribution in [0.5, 0.6) is 5.75 Å². The van der Waals surface area contributed by atoms with E-state index in [-0.39, 0.29) is 11.7 Å². The molecule has 0 aliphatic carbocycles. The first-order valence-electron chi connectivity index (χ1n) is 7.26. The molecular formula is C16H24N2O4S. The monoisotopic (exact) mass is 340 g/mol. The Kier molecular flexibility index (Phi) is 7.22. The molecule has 1 aromatic carbocycles. The molecule has 0 heterocycles. The average molecular weight is 340 g/mol. The number of amides is 2. The fourth-order valence-electron chi connectivity index (χ4n) is 1.70. The number of alkyl carbamates (subject to hydrolysis) is 1. The number of methoxy groups -OCH3 is 1. The van der Waals surface area contributed by atoms with E-state index in [4.69, 9.17) is 9.47 Å². The van der Waals surface area contributed by atoms with Crippen molar-refractivity contribution in [2.24, 2.45) is 0 Å². The maximum atomic E-state index is 12.1. The summed E-state index contributed by atoms with van der Waals surface area (Å²) in [7, 11) is 1.59. The molecule has 2 N–H and O–H groups in total. The first-order chi connectivity index (χ1) is 10.7. The minimum absolute atomic E-state index is 0.174. The van der Waals surface area contributed by atoms with E-state index in [0.717, 1.165) is 11.3 Å². The Balaban J connectivity index is 2.51. The van der Waals surface area contributed by atoms with Crippen LogP contribution in [0.1, 0.15) is 26.3 Å². The molecule has 7 heteroatoms. The molecule has 0 saturated heterocycles. The summed E-state index contributed by atoms with van der Waals surface area (Å²) >= 11 is 4.10. The molecule has 2 amide bonds. The van der Waals surface area contributed by atoms with Crippen molar-refractivity contribution in [2.75, 3.05) is 12.9 Å². The van der Waals surface area contributed by atoms with Gasteiger partial charge in [-0.15, -0.1) is 0 Å². The number of benzene rings is 1. The Morgan fingerprint density at radius 3 is 2.30 bits per heavy atom. The number of carbonyl (C=O) groups is 2. The number of carbonyl (C=O) groups excluding carboxylic acids is 2. The van der Waals surface area contributed by atoms with E-state index in [2.05, 4.69) is 23.3 Å². The van der Waals surface area contributed by atoms with Crippen molar-refractivity contribution in [2.45, 2.75) is 39.0 Å². The van der Waals surface area contributed by atoms with E-state index in [1.54, 1.807) is 27.9 Å². The lowest BCUT2D eigenvalue weighted by atomic mass is 10.2. The molecule has 128 valence electrons. The smallest absolute Gasteiger partial charge is 0.408 e. The van der Waals surface area contributed by atoms with Crippen LogP contribution in [0.25, 0.3) is 0 Å². The number of ether oxygens (including phenoxy) is 2. The highest BCUT2D eigenvalue weighted by molar-refractivity contribution is 7.80. The minimum atomic E-state index is -0.758. The molecule has 0 radical (unpaired) electrons. The van der Waals surface area contributed by atoms with Gasteiger partial charge in [0, 0.05) is 12.3 Å². The van der Waals surface area contributed by atoms with Gasteiger partial charge >= 0.3 is 6.09 Å². The molecule has 0 aliphatic rings. The summed E-state index contributed by atoms with van der Waals surface area (Å²) in [6.45, 7) is 5.62. The van der Waals surface area contributed by atoms with Crippen molar-refractivity contribution >= 4 is 24.6 Å². The molecule has 0 bridgehead atoms. The van der Waals surface area contributed by atoms with Crippen molar-refractivity contribution in [1.82, 2.24) is 10.6 Å². The van der Waals surface area contributed by atoms with Gasteiger partial charge in [-0.25, -0.2) is 4.79 Å². The van der Waals surface area contributed by atoms with Crippen molar-refractivity contribution in [3.8, 4) is 5.75 Å². The SMILES string of the molecule is COc1ccc(CNC(=O)C(CS)NC(=O)OC(C)(C)C)cc1. The summed E-state index contributed by atoms with van der Waals surface area (Å²) in [5, 5.41) is 5.26. The molecule has 6 nitrogen and oxygen atoms in total. The Morgan fingerprint density at radius 2 is 1.83 bits per heavy atom. The van der Waals surface area contributed by atoms with Crippen LogP contribution in [0.2, 0.25) is 0 Å². The van der Waals surface area contributed by atoms with Crippen molar-refractivity contribution < 1.29 is 19.1 Å². The molecule has 1 unspecified atom stereocenters. The lowest BCUT2D eigenvalue weighted by molar-refractivity contribution is -0.122. The fourth-order valence-corrected chi connectivity index (χ4v) is 1.96. The van der Waals surface area contributed by atoms with Crippen LogP contribution < -0.4 is 15.4 Å². The second kappa shape index (κ2) is 8.67. The summed E-state index contributed by atoms with van der Waals surface area (Å²) in [5.41, 5.74) is 0.305. The predicted molar refractivity (Wildman–Crippen MR) is 91.9 cm³/mol. The van der Waals surface area contributed by atoms with E-state index in [1.165, 1.54) is 0 Å². The third-order valence-corrected chi connectivity index (χ3v) is 3.18. The zero-order valence-corrected chi connectivity index (χ0v) is 14.8. The molecule has 0 spiro atoms. The van der Waals surface area contributed by atoms with Gasteiger partial charge in [0.15, 0.2) is 0 Å². The molecule has 23 heavy (non-hydrogen) atoms. The lowest BCUT2D eigenvalue weighted by Crippen LogP contribution is -2.49. The van der Waals surface area contributed by atoms with E-state index in [9.17, 15) is 9.59 Å². The summed E-state index contributed by atoms with van der Waals surface area (Å²) < 4.78 is 10.2. The van der Waals surface area contributed by atoms with Gasteiger partial charge in [0.25, 0.3) is 0 Å². The van der Waals surface area contributed by atoms with Gasteiger partial charge in [0.1, 0.15) is 17.4 Å². The van der Waals surface area contributed by atoms with Crippen LogP contribution in [-0.4, -0.2) is 36.5 Å². The highest BCUT2D eigenvalue weighted by Crippen LogP contribution is 2.11. The molecular weight excluding hydrogens is 316 g/mol. The first-order valence-corrected chi connectivity index (χ1v) is 7.89. The van der Waals surface area contributed by atoms with Gasteiger partial charge in [0.05, 0.1) is 7.11 Å².